The van der Waals surface area contributed by atoms with Gasteiger partial charge in [0.15, 0.2) is 6.29 Å². The van der Waals surface area contributed by atoms with E-state index in [1.54, 1.807) is 24.3 Å². The smallest absolute Gasteiger partial charge is 0.365 e. The molecule has 0 aliphatic carbocycles. The predicted molar refractivity (Wildman–Crippen MR) is 109 cm³/mol. The highest BCUT2D eigenvalue weighted by molar-refractivity contribution is 5.75. The molecule has 2 aromatic heterocycles. The van der Waals surface area contributed by atoms with Crippen LogP contribution in [-0.4, -0.2) is 58.5 Å². The van der Waals surface area contributed by atoms with E-state index in [-0.39, 0.29) is 5.69 Å². The Hall–Kier alpha value is -3.34. The third-order valence-corrected chi connectivity index (χ3v) is 5.29. The fraction of sp³-hybridized carbons (Fsp3) is 0.333. The molecule has 0 atom stereocenters. The van der Waals surface area contributed by atoms with Gasteiger partial charge in [0.2, 0.25) is 5.95 Å². The summed E-state index contributed by atoms with van der Waals surface area (Å²) < 4.78 is 51.9. The number of benzene rings is 1. The molecular weight excluding hydrogens is 430 g/mol. The van der Waals surface area contributed by atoms with Crippen LogP contribution < -0.4 is 10.5 Å². The number of aromatic nitrogens is 3. The van der Waals surface area contributed by atoms with Crippen LogP contribution in [0.15, 0.2) is 35.1 Å². The molecule has 1 aliphatic heterocycles. The van der Waals surface area contributed by atoms with E-state index in [4.69, 9.17) is 0 Å². The second-order valence-electron chi connectivity index (χ2n) is 7.58. The van der Waals surface area contributed by atoms with E-state index in [0.29, 0.717) is 55.7 Å². The number of anilines is 1. The minimum absolute atomic E-state index is 0.0410. The predicted octanol–water partition coefficient (Wildman–Crippen LogP) is 2.70. The van der Waals surface area contributed by atoms with Gasteiger partial charge in [0.1, 0.15) is 11.4 Å². The van der Waals surface area contributed by atoms with E-state index in [2.05, 4.69) is 19.9 Å². The summed E-state index contributed by atoms with van der Waals surface area (Å²) in [6, 6.07) is 8.07. The van der Waals surface area contributed by atoms with Crippen LogP contribution in [0, 0.1) is 5.95 Å². The number of rotatable bonds is 5. The van der Waals surface area contributed by atoms with Gasteiger partial charge in [0.25, 0.3) is 5.56 Å². The first-order chi connectivity index (χ1) is 15.2. The van der Waals surface area contributed by atoms with Crippen LogP contribution in [0.2, 0.25) is 0 Å². The zero-order chi connectivity index (χ0) is 22.9. The first kappa shape index (κ1) is 21.9. The molecule has 3 heterocycles. The minimum Gasteiger partial charge on any atom is -0.365 e. The highest BCUT2D eigenvalue weighted by atomic mass is 19.4. The minimum atomic E-state index is -4.51. The van der Waals surface area contributed by atoms with Crippen molar-refractivity contribution in [2.75, 3.05) is 31.1 Å². The molecule has 3 aromatic rings. The number of carbonyl (C=O) groups excluding carboxylic acids is 1. The van der Waals surface area contributed by atoms with E-state index in [1.165, 1.54) is 6.07 Å². The molecule has 0 spiro atoms. The van der Waals surface area contributed by atoms with Crippen LogP contribution in [0.1, 0.15) is 21.7 Å². The van der Waals surface area contributed by atoms with Gasteiger partial charge in [0.05, 0.1) is 23.1 Å². The van der Waals surface area contributed by atoms with E-state index in [0.717, 1.165) is 5.56 Å². The third-order valence-electron chi connectivity index (χ3n) is 5.29. The normalized spacial score (nSPS) is 15.3. The molecule has 0 radical (unpaired) electrons. The second-order valence-corrected chi connectivity index (χ2v) is 7.58. The van der Waals surface area contributed by atoms with Gasteiger partial charge in [-0.3, -0.25) is 14.5 Å². The van der Waals surface area contributed by atoms with Crippen LogP contribution in [0.25, 0.3) is 11.0 Å². The number of carbonyl (C=O) groups is 1. The van der Waals surface area contributed by atoms with Gasteiger partial charge in [-0.1, -0.05) is 6.07 Å². The molecule has 1 fully saturated rings. The maximum atomic E-state index is 14.1. The van der Waals surface area contributed by atoms with E-state index < -0.39 is 29.8 Å². The molecule has 0 saturated carbocycles. The van der Waals surface area contributed by atoms with E-state index in [1.807, 2.05) is 4.90 Å². The number of hydrogen-bond acceptors (Lipinski definition) is 6. The number of piperazine rings is 1. The SMILES string of the molecule is O=Cc1ccc(N2CCN(Cc3ccc4nc(CC(F)(F)F)c(=O)[nH]c4c3)CC2)c(F)n1. The standard InChI is InChI=1S/C21H19F4N5O2/c22-19-18(4-2-14(12-31)26-19)30-7-5-29(6-8-30)11-13-1-3-15-16(9-13)28-20(32)17(27-15)10-21(23,24)25/h1-4,9,12H,5-8,10-11H2,(H,28,32). The summed E-state index contributed by atoms with van der Waals surface area (Å²) in [6.07, 6.45) is -5.39. The van der Waals surface area contributed by atoms with Gasteiger partial charge in [-0.2, -0.15) is 17.6 Å². The number of halogens is 4. The lowest BCUT2D eigenvalue weighted by molar-refractivity contribution is -0.128. The maximum Gasteiger partial charge on any atom is 0.394 e. The first-order valence-corrected chi connectivity index (χ1v) is 9.89. The van der Waals surface area contributed by atoms with Gasteiger partial charge < -0.3 is 9.88 Å². The summed E-state index contributed by atoms with van der Waals surface area (Å²) in [5, 5.41) is 0. The van der Waals surface area contributed by atoms with Crippen LogP contribution >= 0.6 is 0 Å². The summed E-state index contributed by atoms with van der Waals surface area (Å²) in [4.78, 5) is 36.7. The average Bonchev–Trinajstić information content (AvgIpc) is 2.74. The van der Waals surface area contributed by atoms with Crippen molar-refractivity contribution in [2.45, 2.75) is 19.1 Å². The number of pyridine rings is 1. The van der Waals surface area contributed by atoms with Gasteiger partial charge >= 0.3 is 6.18 Å². The number of nitrogens with one attached hydrogen (secondary N) is 1. The number of aldehydes is 1. The van der Waals surface area contributed by atoms with Crippen LogP contribution in [0.5, 0.6) is 0 Å². The van der Waals surface area contributed by atoms with Crippen molar-refractivity contribution in [1.29, 1.82) is 0 Å². The molecule has 168 valence electrons. The maximum absolute atomic E-state index is 14.1. The largest absolute Gasteiger partial charge is 0.394 e. The molecule has 32 heavy (non-hydrogen) atoms. The number of H-pyrrole nitrogens is 1. The molecule has 1 saturated heterocycles. The van der Waals surface area contributed by atoms with Gasteiger partial charge in [-0.15, -0.1) is 0 Å². The average molecular weight is 449 g/mol. The molecular formula is C21H19F4N5O2. The Labute approximate surface area is 179 Å². The number of aromatic amines is 1. The highest BCUT2D eigenvalue weighted by Gasteiger charge is 2.30. The summed E-state index contributed by atoms with van der Waals surface area (Å²) in [5.41, 5.74) is 0.516. The molecule has 7 nitrogen and oxygen atoms in total. The van der Waals surface area contributed by atoms with Crippen molar-refractivity contribution < 1.29 is 22.4 Å². The van der Waals surface area contributed by atoms with Gasteiger partial charge in [-0.05, 0) is 29.8 Å². The Morgan fingerprint density at radius 1 is 1.06 bits per heavy atom. The quantitative estimate of drug-likeness (QED) is 0.367. The Morgan fingerprint density at radius 2 is 1.81 bits per heavy atom. The zero-order valence-corrected chi connectivity index (χ0v) is 16.8. The lowest BCUT2D eigenvalue weighted by atomic mass is 10.1. The molecule has 0 amide bonds. The van der Waals surface area contributed by atoms with Crippen LogP contribution in [-0.2, 0) is 13.0 Å². The second kappa shape index (κ2) is 8.65. The molecule has 11 heteroatoms. The van der Waals surface area contributed by atoms with Crippen molar-refractivity contribution in [3.05, 3.63) is 63.6 Å². The Bertz CT molecular complexity index is 1200. The third kappa shape index (κ3) is 4.93. The Morgan fingerprint density at radius 3 is 2.47 bits per heavy atom. The Kier molecular flexibility index (Phi) is 5.92. The fourth-order valence-corrected chi connectivity index (χ4v) is 3.73. The number of nitrogens with zero attached hydrogens (tertiary/aromatic N) is 4. The summed E-state index contributed by atoms with van der Waals surface area (Å²) >= 11 is 0. The lowest BCUT2D eigenvalue weighted by Gasteiger charge is -2.36. The van der Waals surface area contributed by atoms with Crippen molar-refractivity contribution in [3.63, 3.8) is 0 Å². The van der Waals surface area contributed by atoms with Crippen molar-refractivity contribution in [2.24, 2.45) is 0 Å². The van der Waals surface area contributed by atoms with E-state index >= 15 is 0 Å². The molecule has 1 N–H and O–H groups in total. The summed E-state index contributed by atoms with van der Waals surface area (Å²) in [7, 11) is 0. The summed E-state index contributed by atoms with van der Waals surface area (Å²) in [5.74, 6) is -0.682. The molecule has 0 bridgehead atoms. The number of hydrogen-bond donors (Lipinski definition) is 1. The highest BCUT2D eigenvalue weighted by Crippen LogP contribution is 2.22. The van der Waals surface area contributed by atoms with E-state index in [9.17, 15) is 27.2 Å². The molecule has 1 aromatic carbocycles. The molecule has 4 rings (SSSR count). The first-order valence-electron chi connectivity index (χ1n) is 9.89. The molecule has 1 aliphatic rings. The topological polar surface area (TPSA) is 82.2 Å². The van der Waals surface area contributed by atoms with Gasteiger partial charge in [-0.25, -0.2) is 9.97 Å². The van der Waals surface area contributed by atoms with Crippen LogP contribution in [0.3, 0.4) is 0 Å². The van der Waals surface area contributed by atoms with Crippen LogP contribution in [0.4, 0.5) is 23.2 Å². The van der Waals surface area contributed by atoms with Gasteiger partial charge in [0, 0.05) is 32.7 Å². The monoisotopic (exact) mass is 449 g/mol. The van der Waals surface area contributed by atoms with Crippen molar-refractivity contribution in [3.8, 4) is 0 Å². The fourth-order valence-electron chi connectivity index (χ4n) is 3.73. The summed E-state index contributed by atoms with van der Waals surface area (Å²) in [6.45, 7) is 2.97. The molecule has 0 unspecified atom stereocenters. The lowest BCUT2D eigenvalue weighted by Crippen LogP contribution is -2.46. The number of fused-ring (bicyclic) bond motifs is 1. The zero-order valence-electron chi connectivity index (χ0n) is 16.8. The van der Waals surface area contributed by atoms with Crippen molar-refractivity contribution in [1.82, 2.24) is 19.9 Å². The number of alkyl halides is 3. The Balaban J connectivity index is 1.42. The van der Waals surface area contributed by atoms with Crippen molar-refractivity contribution >= 4 is 23.0 Å².